The lowest BCUT2D eigenvalue weighted by molar-refractivity contribution is 0.0947. The van der Waals surface area contributed by atoms with Gasteiger partial charge in [-0.15, -0.1) is 0 Å². The summed E-state index contributed by atoms with van der Waals surface area (Å²) in [7, 11) is -3.99. The fourth-order valence-corrected chi connectivity index (χ4v) is 3.22. The van der Waals surface area contributed by atoms with Crippen molar-refractivity contribution in [2.75, 3.05) is 6.54 Å². The van der Waals surface area contributed by atoms with Gasteiger partial charge in [0.1, 0.15) is 4.90 Å². The fraction of sp³-hybridized carbons (Fsp3) is 0.417. The van der Waals surface area contributed by atoms with Crippen LogP contribution in [0.5, 0.6) is 0 Å². The van der Waals surface area contributed by atoms with E-state index in [1.54, 1.807) is 0 Å². The number of carbonyl (C=O) groups is 1. The van der Waals surface area contributed by atoms with Crippen LogP contribution in [0.1, 0.15) is 30.6 Å². The van der Waals surface area contributed by atoms with Crippen molar-refractivity contribution >= 4 is 43.5 Å². The molecule has 0 bridgehead atoms. The summed E-state index contributed by atoms with van der Waals surface area (Å²) < 4.78 is 23.3. The second kappa shape index (κ2) is 6.89. The number of rotatable bonds is 5. The first-order valence-corrected chi connectivity index (χ1v) is 8.68. The molecule has 0 spiro atoms. The predicted octanol–water partition coefficient (Wildman–Crippen LogP) is 2.53. The van der Waals surface area contributed by atoms with Crippen LogP contribution in [0.3, 0.4) is 0 Å². The molecular formula is C12H16BrClN2O3S. The number of benzene rings is 1. The van der Waals surface area contributed by atoms with Gasteiger partial charge in [0, 0.05) is 11.0 Å². The molecule has 1 amide bonds. The van der Waals surface area contributed by atoms with Crippen molar-refractivity contribution in [2.45, 2.75) is 25.2 Å². The van der Waals surface area contributed by atoms with Crippen molar-refractivity contribution < 1.29 is 13.2 Å². The summed E-state index contributed by atoms with van der Waals surface area (Å²) in [5.41, 5.74) is 0.0772. The molecule has 1 aromatic carbocycles. The van der Waals surface area contributed by atoms with Crippen LogP contribution in [0, 0.1) is 5.92 Å². The summed E-state index contributed by atoms with van der Waals surface area (Å²) in [6.45, 7) is 4.50. The number of primary sulfonamides is 1. The SMILES string of the molecule is CCC(C)CNC(=O)c1cc(Br)cc(S(N)(=O)=O)c1Cl. The Labute approximate surface area is 132 Å². The number of hydrogen-bond acceptors (Lipinski definition) is 3. The minimum atomic E-state index is -3.99. The highest BCUT2D eigenvalue weighted by Crippen LogP contribution is 2.29. The topological polar surface area (TPSA) is 89.3 Å². The first-order valence-electron chi connectivity index (χ1n) is 5.96. The summed E-state index contributed by atoms with van der Waals surface area (Å²) in [5.74, 6) is -0.107. The van der Waals surface area contributed by atoms with Gasteiger partial charge in [-0.1, -0.05) is 47.8 Å². The number of amides is 1. The minimum absolute atomic E-state index is 0.0772. The number of sulfonamides is 1. The Hall–Kier alpha value is -0.630. The van der Waals surface area contributed by atoms with Crippen molar-refractivity contribution in [1.29, 1.82) is 0 Å². The van der Waals surface area contributed by atoms with Gasteiger partial charge < -0.3 is 5.32 Å². The zero-order chi connectivity index (χ0) is 15.5. The normalized spacial score (nSPS) is 13.1. The molecule has 112 valence electrons. The molecule has 0 heterocycles. The van der Waals surface area contributed by atoms with Gasteiger partial charge in [0.05, 0.1) is 10.6 Å². The molecule has 0 fully saturated rings. The Morgan fingerprint density at radius 3 is 2.60 bits per heavy atom. The molecule has 5 nitrogen and oxygen atoms in total. The molecule has 0 saturated heterocycles. The minimum Gasteiger partial charge on any atom is -0.352 e. The van der Waals surface area contributed by atoms with Crippen molar-refractivity contribution in [1.82, 2.24) is 5.32 Å². The highest BCUT2D eigenvalue weighted by atomic mass is 79.9. The van der Waals surface area contributed by atoms with Crippen LogP contribution in [0.15, 0.2) is 21.5 Å². The molecule has 3 N–H and O–H groups in total. The van der Waals surface area contributed by atoms with Gasteiger partial charge in [-0.25, -0.2) is 13.6 Å². The lowest BCUT2D eigenvalue weighted by Gasteiger charge is -2.12. The van der Waals surface area contributed by atoms with Crippen molar-refractivity contribution in [3.05, 3.63) is 27.2 Å². The highest BCUT2D eigenvalue weighted by molar-refractivity contribution is 9.10. The van der Waals surface area contributed by atoms with Crippen LogP contribution in [-0.4, -0.2) is 20.9 Å². The van der Waals surface area contributed by atoms with E-state index < -0.39 is 15.9 Å². The quantitative estimate of drug-likeness (QED) is 0.818. The molecular weight excluding hydrogens is 368 g/mol. The molecule has 8 heteroatoms. The van der Waals surface area contributed by atoms with E-state index in [9.17, 15) is 13.2 Å². The smallest absolute Gasteiger partial charge is 0.252 e. The molecule has 0 aliphatic rings. The second-order valence-electron chi connectivity index (χ2n) is 4.53. The number of nitrogens with one attached hydrogen (secondary N) is 1. The Bertz CT molecular complexity index is 619. The Balaban J connectivity index is 3.13. The highest BCUT2D eigenvalue weighted by Gasteiger charge is 2.21. The molecule has 1 rings (SSSR count). The molecule has 20 heavy (non-hydrogen) atoms. The number of carbonyl (C=O) groups excluding carboxylic acids is 1. The van der Waals surface area contributed by atoms with Gasteiger partial charge in [0.2, 0.25) is 10.0 Å². The molecule has 0 saturated carbocycles. The Kier molecular flexibility index (Phi) is 6.00. The monoisotopic (exact) mass is 382 g/mol. The van der Waals surface area contributed by atoms with Crippen LogP contribution < -0.4 is 10.5 Å². The van der Waals surface area contributed by atoms with Gasteiger partial charge in [0.25, 0.3) is 5.91 Å². The number of nitrogens with two attached hydrogens (primary N) is 1. The van der Waals surface area contributed by atoms with Crippen LogP contribution in [0.4, 0.5) is 0 Å². The molecule has 1 aromatic rings. The lowest BCUT2D eigenvalue weighted by Crippen LogP contribution is -2.28. The third-order valence-corrected chi connectivity index (χ3v) is 4.78. The standard InChI is InChI=1S/C12H16BrClN2O3S/c1-3-7(2)6-16-12(17)9-4-8(13)5-10(11(9)14)20(15,18)19/h4-5,7H,3,6H2,1-2H3,(H,16,17)(H2,15,18,19). The average molecular weight is 384 g/mol. The fourth-order valence-electron chi connectivity index (χ4n) is 1.44. The molecule has 0 aliphatic carbocycles. The maximum atomic E-state index is 12.1. The van der Waals surface area contributed by atoms with E-state index in [0.29, 0.717) is 16.9 Å². The molecule has 1 atom stereocenters. The molecule has 0 aliphatic heterocycles. The largest absolute Gasteiger partial charge is 0.352 e. The maximum Gasteiger partial charge on any atom is 0.252 e. The first-order chi connectivity index (χ1) is 9.16. The van der Waals surface area contributed by atoms with Crippen LogP contribution >= 0.6 is 27.5 Å². The van der Waals surface area contributed by atoms with Gasteiger partial charge in [-0.3, -0.25) is 4.79 Å². The zero-order valence-corrected chi connectivity index (χ0v) is 14.3. The van der Waals surface area contributed by atoms with E-state index in [4.69, 9.17) is 16.7 Å². The van der Waals surface area contributed by atoms with Gasteiger partial charge in [-0.05, 0) is 18.1 Å². The molecule has 1 unspecified atom stereocenters. The lowest BCUT2D eigenvalue weighted by atomic mass is 10.1. The Morgan fingerprint density at radius 1 is 1.50 bits per heavy atom. The first kappa shape index (κ1) is 17.4. The van der Waals surface area contributed by atoms with E-state index >= 15 is 0 Å². The molecule has 0 aromatic heterocycles. The van der Waals surface area contributed by atoms with Crippen molar-refractivity contribution in [2.24, 2.45) is 11.1 Å². The number of hydrogen-bond donors (Lipinski definition) is 2. The van der Waals surface area contributed by atoms with E-state index in [1.807, 2.05) is 13.8 Å². The van der Waals surface area contributed by atoms with E-state index in [-0.39, 0.29) is 15.5 Å². The summed E-state index contributed by atoms with van der Waals surface area (Å²) >= 11 is 9.11. The van der Waals surface area contributed by atoms with Crippen LogP contribution in [0.25, 0.3) is 0 Å². The molecule has 0 radical (unpaired) electrons. The van der Waals surface area contributed by atoms with Crippen molar-refractivity contribution in [3.63, 3.8) is 0 Å². The van der Waals surface area contributed by atoms with Gasteiger partial charge >= 0.3 is 0 Å². The summed E-state index contributed by atoms with van der Waals surface area (Å²) in [6.07, 6.45) is 0.926. The zero-order valence-electron chi connectivity index (χ0n) is 11.1. The van der Waals surface area contributed by atoms with Crippen LogP contribution in [-0.2, 0) is 10.0 Å². The Morgan fingerprint density at radius 2 is 2.10 bits per heavy atom. The van der Waals surface area contributed by atoms with E-state index in [1.165, 1.54) is 12.1 Å². The van der Waals surface area contributed by atoms with Gasteiger partial charge in [0.15, 0.2) is 0 Å². The summed E-state index contributed by atoms with van der Waals surface area (Å²) in [6, 6.07) is 2.73. The van der Waals surface area contributed by atoms with E-state index in [0.717, 1.165) is 6.42 Å². The van der Waals surface area contributed by atoms with E-state index in [2.05, 4.69) is 21.2 Å². The number of halogens is 2. The van der Waals surface area contributed by atoms with Crippen LogP contribution in [0.2, 0.25) is 5.02 Å². The average Bonchev–Trinajstić information content (AvgIpc) is 2.36. The summed E-state index contributed by atoms with van der Waals surface area (Å²) in [5, 5.41) is 7.62. The third-order valence-electron chi connectivity index (χ3n) is 2.86. The third kappa shape index (κ3) is 4.44. The van der Waals surface area contributed by atoms with Gasteiger partial charge in [-0.2, -0.15) is 0 Å². The predicted molar refractivity (Wildman–Crippen MR) is 82.3 cm³/mol. The maximum absolute atomic E-state index is 12.1. The summed E-state index contributed by atoms with van der Waals surface area (Å²) in [4.78, 5) is 11.8. The van der Waals surface area contributed by atoms with Crippen molar-refractivity contribution in [3.8, 4) is 0 Å². The second-order valence-corrected chi connectivity index (χ2v) is 7.36.